The van der Waals surface area contributed by atoms with Gasteiger partial charge in [-0.15, -0.1) is 0 Å². The maximum absolute atomic E-state index is 12.9. The minimum Gasteiger partial charge on any atom is -0.489 e. The van der Waals surface area contributed by atoms with E-state index in [2.05, 4.69) is 10.2 Å². The van der Waals surface area contributed by atoms with Crippen LogP contribution in [0.1, 0.15) is 61.4 Å². The number of amides is 3. The molecule has 8 nitrogen and oxygen atoms in total. The molecular formula is C24H31N3O5. The van der Waals surface area contributed by atoms with E-state index in [4.69, 9.17) is 9.47 Å². The standard InChI is InChI=1S/C24H31N3O5/c1-2-31-17-13-26(14-17)19-5-3-4-6-21(19)32-16-7-8-18-15(11-16)12-27(24(18)30)20-9-10-22(28)25-23(20)29/h7-8,11,17,19-21H,2-6,9-10,12-14H2,1H3,(H,25,28,29)/t19-,20?,21+/m0/s1. The molecule has 1 N–H and O–H groups in total. The summed E-state index contributed by atoms with van der Waals surface area (Å²) in [6, 6.07) is 5.44. The fourth-order valence-electron chi connectivity index (χ4n) is 5.51. The van der Waals surface area contributed by atoms with Crippen LogP contribution in [0.4, 0.5) is 0 Å². The molecule has 172 valence electrons. The number of likely N-dealkylation sites (tertiary alicyclic amines) is 1. The SMILES string of the molecule is CCOC1CN([C@H]2CCCC[C@H]2Oc2ccc3c(c2)CN(C2CCC(=O)NC2=O)C3=O)C1. The third-order valence-corrected chi connectivity index (χ3v) is 7.20. The van der Waals surface area contributed by atoms with E-state index in [0.29, 0.717) is 30.7 Å². The van der Waals surface area contributed by atoms with Gasteiger partial charge in [-0.25, -0.2) is 0 Å². The fourth-order valence-corrected chi connectivity index (χ4v) is 5.51. The number of hydrogen-bond acceptors (Lipinski definition) is 6. The maximum atomic E-state index is 12.9. The molecule has 3 fully saturated rings. The summed E-state index contributed by atoms with van der Waals surface area (Å²) < 4.78 is 12.2. The maximum Gasteiger partial charge on any atom is 0.255 e. The molecule has 3 heterocycles. The number of benzene rings is 1. The lowest BCUT2D eigenvalue weighted by Gasteiger charge is -2.47. The van der Waals surface area contributed by atoms with E-state index in [9.17, 15) is 14.4 Å². The molecule has 0 aromatic heterocycles. The molecule has 1 unspecified atom stereocenters. The van der Waals surface area contributed by atoms with Crippen molar-refractivity contribution in [2.75, 3.05) is 19.7 Å². The van der Waals surface area contributed by atoms with Crippen LogP contribution in [0.3, 0.4) is 0 Å². The van der Waals surface area contributed by atoms with Gasteiger partial charge in [0.05, 0.1) is 6.10 Å². The van der Waals surface area contributed by atoms with E-state index in [1.165, 1.54) is 6.42 Å². The van der Waals surface area contributed by atoms with Gasteiger partial charge in [-0.05, 0) is 56.4 Å². The minimum atomic E-state index is -0.593. The monoisotopic (exact) mass is 441 g/mol. The van der Waals surface area contributed by atoms with Crippen LogP contribution in [-0.2, 0) is 20.9 Å². The van der Waals surface area contributed by atoms with Crippen molar-refractivity contribution < 1.29 is 23.9 Å². The number of imide groups is 1. The summed E-state index contributed by atoms with van der Waals surface area (Å²) in [7, 11) is 0. The minimum absolute atomic E-state index is 0.132. The number of ether oxygens (including phenoxy) is 2. The fraction of sp³-hybridized carbons (Fsp3) is 0.625. The highest BCUT2D eigenvalue weighted by atomic mass is 16.5. The van der Waals surface area contributed by atoms with Crippen molar-refractivity contribution in [3.8, 4) is 5.75 Å². The Morgan fingerprint density at radius 1 is 1.09 bits per heavy atom. The number of carbonyl (C=O) groups excluding carboxylic acids is 3. The van der Waals surface area contributed by atoms with Gasteiger partial charge in [-0.1, -0.05) is 6.42 Å². The first-order valence-corrected chi connectivity index (χ1v) is 11.8. The van der Waals surface area contributed by atoms with Gasteiger partial charge in [0.1, 0.15) is 17.9 Å². The van der Waals surface area contributed by atoms with Crippen molar-refractivity contribution in [2.24, 2.45) is 0 Å². The number of nitrogens with one attached hydrogen (secondary N) is 1. The summed E-state index contributed by atoms with van der Waals surface area (Å²) in [4.78, 5) is 40.7. The molecule has 8 heteroatoms. The topological polar surface area (TPSA) is 88.2 Å². The molecule has 1 aromatic rings. The molecule has 1 aromatic carbocycles. The van der Waals surface area contributed by atoms with Gasteiger partial charge in [0.25, 0.3) is 5.91 Å². The largest absolute Gasteiger partial charge is 0.489 e. The normalized spacial score (nSPS) is 29.0. The van der Waals surface area contributed by atoms with Gasteiger partial charge >= 0.3 is 0 Å². The number of carbonyl (C=O) groups is 3. The quantitative estimate of drug-likeness (QED) is 0.678. The van der Waals surface area contributed by atoms with Crippen LogP contribution in [0.25, 0.3) is 0 Å². The summed E-state index contributed by atoms with van der Waals surface area (Å²) in [5.74, 6) is -0.0358. The third-order valence-electron chi connectivity index (χ3n) is 7.20. The molecule has 3 atom stereocenters. The molecule has 1 saturated carbocycles. The van der Waals surface area contributed by atoms with Crippen LogP contribution in [0.15, 0.2) is 18.2 Å². The van der Waals surface area contributed by atoms with E-state index in [1.54, 1.807) is 4.90 Å². The smallest absolute Gasteiger partial charge is 0.255 e. The van der Waals surface area contributed by atoms with E-state index in [0.717, 1.165) is 50.3 Å². The Labute approximate surface area is 188 Å². The second kappa shape index (κ2) is 8.83. The number of rotatable bonds is 6. The van der Waals surface area contributed by atoms with Crippen molar-refractivity contribution in [2.45, 2.75) is 76.3 Å². The average molecular weight is 442 g/mol. The molecule has 3 aliphatic heterocycles. The Morgan fingerprint density at radius 2 is 1.91 bits per heavy atom. The van der Waals surface area contributed by atoms with Gasteiger partial charge in [0.2, 0.25) is 11.8 Å². The molecule has 3 amide bonds. The van der Waals surface area contributed by atoms with E-state index >= 15 is 0 Å². The summed E-state index contributed by atoms with van der Waals surface area (Å²) in [6.07, 6.45) is 5.65. The first kappa shape index (κ1) is 21.4. The Morgan fingerprint density at radius 3 is 2.69 bits per heavy atom. The lowest BCUT2D eigenvalue weighted by atomic mass is 9.89. The average Bonchev–Trinajstić information content (AvgIpc) is 3.07. The van der Waals surface area contributed by atoms with Crippen molar-refractivity contribution in [3.63, 3.8) is 0 Å². The van der Waals surface area contributed by atoms with Crippen LogP contribution < -0.4 is 10.1 Å². The van der Waals surface area contributed by atoms with Gasteiger partial charge in [0, 0.05) is 44.3 Å². The molecule has 0 radical (unpaired) electrons. The highest BCUT2D eigenvalue weighted by Crippen LogP contribution is 2.34. The van der Waals surface area contributed by atoms with Gasteiger partial charge in [-0.2, -0.15) is 0 Å². The van der Waals surface area contributed by atoms with Crippen LogP contribution in [0, 0.1) is 0 Å². The predicted octanol–water partition coefficient (Wildman–Crippen LogP) is 1.86. The number of nitrogens with zero attached hydrogens (tertiary/aromatic N) is 2. The van der Waals surface area contributed by atoms with E-state index in [-0.39, 0.29) is 30.2 Å². The van der Waals surface area contributed by atoms with Gasteiger partial charge in [0.15, 0.2) is 0 Å². The van der Waals surface area contributed by atoms with Crippen molar-refractivity contribution in [1.82, 2.24) is 15.1 Å². The summed E-state index contributed by atoms with van der Waals surface area (Å²) in [6.45, 7) is 5.10. The van der Waals surface area contributed by atoms with Crippen LogP contribution in [0.5, 0.6) is 5.75 Å². The van der Waals surface area contributed by atoms with Crippen molar-refractivity contribution >= 4 is 17.7 Å². The second-order valence-corrected chi connectivity index (χ2v) is 9.26. The lowest BCUT2D eigenvalue weighted by molar-refractivity contribution is -0.136. The van der Waals surface area contributed by atoms with Gasteiger partial charge < -0.3 is 14.4 Å². The Balaban J connectivity index is 1.26. The van der Waals surface area contributed by atoms with Gasteiger partial charge in [-0.3, -0.25) is 24.6 Å². The molecule has 1 aliphatic carbocycles. The molecule has 4 aliphatic rings. The zero-order chi connectivity index (χ0) is 22.2. The second-order valence-electron chi connectivity index (χ2n) is 9.26. The molecule has 2 saturated heterocycles. The Bertz CT molecular complexity index is 913. The van der Waals surface area contributed by atoms with E-state index < -0.39 is 6.04 Å². The summed E-state index contributed by atoms with van der Waals surface area (Å²) in [5, 5.41) is 2.35. The van der Waals surface area contributed by atoms with Crippen molar-refractivity contribution in [3.05, 3.63) is 29.3 Å². The predicted molar refractivity (Wildman–Crippen MR) is 116 cm³/mol. The Kier molecular flexibility index (Phi) is 5.90. The number of fused-ring (bicyclic) bond motifs is 1. The molecular weight excluding hydrogens is 410 g/mol. The zero-order valence-electron chi connectivity index (χ0n) is 18.5. The molecule has 0 bridgehead atoms. The first-order chi connectivity index (χ1) is 15.5. The highest BCUT2D eigenvalue weighted by molar-refractivity contribution is 6.05. The Hall–Kier alpha value is -2.45. The first-order valence-electron chi connectivity index (χ1n) is 11.8. The molecule has 32 heavy (non-hydrogen) atoms. The summed E-state index contributed by atoms with van der Waals surface area (Å²) >= 11 is 0. The lowest BCUT2D eigenvalue weighted by Crippen LogP contribution is -2.61. The number of hydrogen-bond donors (Lipinski definition) is 1. The van der Waals surface area contributed by atoms with Crippen LogP contribution in [0.2, 0.25) is 0 Å². The molecule has 0 spiro atoms. The van der Waals surface area contributed by atoms with Crippen LogP contribution in [-0.4, -0.2) is 71.5 Å². The summed E-state index contributed by atoms with van der Waals surface area (Å²) in [5.41, 5.74) is 1.49. The number of piperidine rings is 1. The highest BCUT2D eigenvalue weighted by Gasteiger charge is 2.41. The third kappa shape index (κ3) is 4.01. The van der Waals surface area contributed by atoms with E-state index in [1.807, 2.05) is 25.1 Å². The zero-order valence-corrected chi connectivity index (χ0v) is 18.5. The van der Waals surface area contributed by atoms with Crippen molar-refractivity contribution in [1.29, 1.82) is 0 Å². The molecule has 5 rings (SSSR count). The van der Waals surface area contributed by atoms with Crippen LogP contribution >= 0.6 is 0 Å².